The molecule has 1 saturated heterocycles. The number of likely N-dealkylation sites (tertiary alicyclic amines) is 1. The highest BCUT2D eigenvalue weighted by molar-refractivity contribution is 4.96. The van der Waals surface area contributed by atoms with E-state index in [0.29, 0.717) is 6.54 Å². The van der Waals surface area contributed by atoms with Crippen molar-refractivity contribution in [2.24, 2.45) is 0 Å². The van der Waals surface area contributed by atoms with Crippen molar-refractivity contribution in [3.8, 4) is 0 Å². The molecule has 1 aliphatic heterocycles. The molecule has 1 heterocycles. The van der Waals surface area contributed by atoms with Crippen LogP contribution in [-0.4, -0.2) is 74.2 Å². The third kappa shape index (κ3) is 4.11. The van der Waals surface area contributed by atoms with Crippen molar-refractivity contribution in [3.63, 3.8) is 0 Å². The molecule has 0 aromatic rings. The van der Waals surface area contributed by atoms with Crippen LogP contribution in [0.2, 0.25) is 0 Å². The molecule has 1 rings (SSSR count). The Bertz CT molecular complexity index is 253. The molecule has 5 N–H and O–H groups in total. The summed E-state index contributed by atoms with van der Waals surface area (Å²) in [7, 11) is 0. The molecule has 1 fully saturated rings. The molecule has 19 heavy (non-hydrogen) atoms. The van der Waals surface area contributed by atoms with Crippen LogP contribution < -0.4 is 0 Å². The number of hydrogen-bond acceptors (Lipinski definition) is 6. The smallest absolute Gasteiger partial charge is 0.136 e. The van der Waals surface area contributed by atoms with Crippen molar-refractivity contribution in [1.29, 1.82) is 0 Å². The molecule has 0 aromatic heterocycles. The average Bonchev–Trinajstić information content (AvgIpc) is 2.41. The van der Waals surface area contributed by atoms with Gasteiger partial charge in [0.05, 0.1) is 12.6 Å². The third-order valence-electron chi connectivity index (χ3n) is 3.87. The van der Waals surface area contributed by atoms with Gasteiger partial charge in [0.25, 0.3) is 0 Å². The van der Waals surface area contributed by atoms with Gasteiger partial charge >= 0.3 is 0 Å². The fraction of sp³-hybridized carbons (Fsp3) is 1.00. The fourth-order valence-electron chi connectivity index (χ4n) is 2.60. The normalized spacial score (nSPS) is 36.6. The summed E-state index contributed by atoms with van der Waals surface area (Å²) in [5.74, 6) is 0. The van der Waals surface area contributed by atoms with E-state index in [2.05, 4.69) is 6.92 Å². The number of rotatable bonds is 7. The Balaban J connectivity index is 2.52. The zero-order chi connectivity index (χ0) is 14.4. The number of aliphatic hydroxyl groups excluding tert-OH is 5. The molecular formula is C13H27NO5. The first-order valence-corrected chi connectivity index (χ1v) is 7.13. The van der Waals surface area contributed by atoms with Crippen molar-refractivity contribution in [1.82, 2.24) is 4.90 Å². The summed E-state index contributed by atoms with van der Waals surface area (Å²) < 4.78 is 0. The van der Waals surface area contributed by atoms with Gasteiger partial charge in [0.2, 0.25) is 0 Å². The number of piperidine rings is 1. The predicted octanol–water partition coefficient (Wildman–Crippen LogP) is -0.966. The van der Waals surface area contributed by atoms with Gasteiger partial charge in [-0.1, -0.05) is 32.6 Å². The molecule has 1 unspecified atom stereocenters. The standard InChI is InChI=1S/C13H27NO5/c1-2-3-4-5-6-7-14-9(8-15)10(16)11(17)12(18)13(14)19/h9-13,15-19H,2-8H2,1H3/t9-,10-,11+,12-,13?/m1/s1. The minimum absolute atomic E-state index is 0.364. The maximum Gasteiger partial charge on any atom is 0.136 e. The summed E-state index contributed by atoms with van der Waals surface area (Å²) in [5.41, 5.74) is 0. The maximum atomic E-state index is 9.92. The van der Waals surface area contributed by atoms with Gasteiger partial charge in [-0.3, -0.25) is 4.90 Å². The SMILES string of the molecule is CCCCCCCN1C(O)[C@H](O)[C@@H](O)[C@H](O)[C@H]1CO. The lowest BCUT2D eigenvalue weighted by Crippen LogP contribution is -2.67. The number of unbranched alkanes of at least 4 members (excludes halogenated alkanes) is 4. The van der Waals surface area contributed by atoms with Crippen LogP contribution in [0.5, 0.6) is 0 Å². The first-order valence-electron chi connectivity index (χ1n) is 7.13. The maximum absolute atomic E-state index is 9.92. The second-order valence-electron chi connectivity index (χ2n) is 5.29. The molecule has 0 aromatic carbocycles. The molecular weight excluding hydrogens is 250 g/mol. The second kappa shape index (κ2) is 8.14. The Labute approximate surface area is 114 Å². The van der Waals surface area contributed by atoms with Crippen LogP contribution in [0.4, 0.5) is 0 Å². The minimum Gasteiger partial charge on any atom is -0.395 e. The van der Waals surface area contributed by atoms with Crippen LogP contribution in [0.25, 0.3) is 0 Å². The zero-order valence-electron chi connectivity index (χ0n) is 11.5. The van der Waals surface area contributed by atoms with Crippen molar-refractivity contribution in [2.75, 3.05) is 13.2 Å². The van der Waals surface area contributed by atoms with Gasteiger partial charge in [-0.15, -0.1) is 0 Å². The highest BCUT2D eigenvalue weighted by Crippen LogP contribution is 2.23. The van der Waals surface area contributed by atoms with E-state index < -0.39 is 30.6 Å². The van der Waals surface area contributed by atoms with E-state index in [-0.39, 0.29) is 6.61 Å². The van der Waals surface area contributed by atoms with E-state index in [9.17, 15) is 25.5 Å². The molecule has 0 bridgehead atoms. The highest BCUT2D eigenvalue weighted by Gasteiger charge is 2.46. The van der Waals surface area contributed by atoms with Crippen LogP contribution in [0.1, 0.15) is 39.0 Å². The van der Waals surface area contributed by atoms with Crippen LogP contribution in [0.15, 0.2) is 0 Å². The van der Waals surface area contributed by atoms with Crippen LogP contribution in [-0.2, 0) is 0 Å². The van der Waals surface area contributed by atoms with Gasteiger partial charge in [-0.05, 0) is 6.42 Å². The molecule has 6 heteroatoms. The average molecular weight is 277 g/mol. The summed E-state index contributed by atoms with van der Waals surface area (Å²) in [6.45, 7) is 2.25. The topological polar surface area (TPSA) is 104 Å². The summed E-state index contributed by atoms with van der Waals surface area (Å²) in [6.07, 6.45) is -0.0893. The molecule has 1 aliphatic rings. The van der Waals surface area contributed by atoms with E-state index in [4.69, 9.17) is 0 Å². The van der Waals surface area contributed by atoms with Gasteiger partial charge in [0.15, 0.2) is 0 Å². The molecule has 6 nitrogen and oxygen atoms in total. The number of hydrogen-bond donors (Lipinski definition) is 5. The third-order valence-corrected chi connectivity index (χ3v) is 3.87. The lowest BCUT2D eigenvalue weighted by atomic mass is 9.92. The Hall–Kier alpha value is -0.240. The van der Waals surface area contributed by atoms with Crippen molar-refractivity contribution >= 4 is 0 Å². The van der Waals surface area contributed by atoms with Gasteiger partial charge in [-0.2, -0.15) is 0 Å². The van der Waals surface area contributed by atoms with Crippen LogP contribution in [0.3, 0.4) is 0 Å². The van der Waals surface area contributed by atoms with E-state index in [1.165, 1.54) is 4.90 Å². The van der Waals surface area contributed by atoms with Crippen molar-refractivity contribution < 1.29 is 25.5 Å². The van der Waals surface area contributed by atoms with Gasteiger partial charge < -0.3 is 25.5 Å². The Morgan fingerprint density at radius 3 is 2.05 bits per heavy atom. The summed E-state index contributed by atoms with van der Waals surface area (Å²) >= 11 is 0. The quantitative estimate of drug-likeness (QED) is 0.384. The lowest BCUT2D eigenvalue weighted by molar-refractivity contribution is -0.222. The highest BCUT2D eigenvalue weighted by atomic mass is 16.4. The van der Waals surface area contributed by atoms with E-state index in [1.54, 1.807) is 0 Å². The number of nitrogens with zero attached hydrogens (tertiary/aromatic N) is 1. The van der Waals surface area contributed by atoms with E-state index >= 15 is 0 Å². The van der Waals surface area contributed by atoms with Gasteiger partial charge in [-0.25, -0.2) is 0 Å². The molecule has 0 saturated carbocycles. The summed E-state index contributed by atoms with van der Waals surface area (Å²) in [4.78, 5) is 1.48. The Kier molecular flexibility index (Phi) is 7.20. The molecule has 0 radical (unpaired) electrons. The summed E-state index contributed by atoms with van der Waals surface area (Å²) in [6, 6.07) is -0.737. The Morgan fingerprint density at radius 2 is 1.47 bits per heavy atom. The monoisotopic (exact) mass is 277 g/mol. The van der Waals surface area contributed by atoms with Crippen LogP contribution >= 0.6 is 0 Å². The number of aliphatic hydroxyl groups is 5. The fourth-order valence-corrected chi connectivity index (χ4v) is 2.60. The summed E-state index contributed by atoms with van der Waals surface area (Å²) in [5, 5.41) is 48.3. The van der Waals surface area contributed by atoms with Crippen LogP contribution in [0, 0.1) is 0 Å². The first-order chi connectivity index (χ1) is 9.04. The van der Waals surface area contributed by atoms with E-state index in [0.717, 1.165) is 32.1 Å². The van der Waals surface area contributed by atoms with E-state index in [1.807, 2.05) is 0 Å². The molecule has 114 valence electrons. The minimum atomic E-state index is -1.43. The molecule has 5 atom stereocenters. The molecule has 0 aliphatic carbocycles. The van der Waals surface area contributed by atoms with Gasteiger partial charge in [0, 0.05) is 6.54 Å². The second-order valence-corrected chi connectivity index (χ2v) is 5.29. The molecule has 0 amide bonds. The largest absolute Gasteiger partial charge is 0.395 e. The van der Waals surface area contributed by atoms with Crippen molar-refractivity contribution in [2.45, 2.75) is 69.6 Å². The zero-order valence-corrected chi connectivity index (χ0v) is 11.5. The predicted molar refractivity (Wildman–Crippen MR) is 70.4 cm³/mol. The first kappa shape index (κ1) is 16.8. The van der Waals surface area contributed by atoms with Gasteiger partial charge in [0.1, 0.15) is 24.5 Å². The lowest BCUT2D eigenvalue weighted by Gasteiger charge is -2.46. The van der Waals surface area contributed by atoms with Crippen molar-refractivity contribution in [3.05, 3.63) is 0 Å². The Morgan fingerprint density at radius 1 is 0.842 bits per heavy atom. The molecule has 0 spiro atoms.